The third-order valence-electron chi connectivity index (χ3n) is 3.28. The van der Waals surface area contributed by atoms with Crippen LogP contribution in [0.25, 0.3) is 0 Å². The molecule has 0 radical (unpaired) electrons. The molecule has 0 aliphatic rings. The lowest BCUT2D eigenvalue weighted by atomic mass is 10.1. The van der Waals surface area contributed by atoms with Gasteiger partial charge in [-0.3, -0.25) is 9.59 Å². The number of ketones is 1. The molecule has 1 N–H and O–H groups in total. The minimum Gasteiger partial charge on any atom is -0.484 e. The third kappa shape index (κ3) is 5.17. The summed E-state index contributed by atoms with van der Waals surface area (Å²) in [4.78, 5) is 28.7. The van der Waals surface area contributed by atoms with Crippen molar-refractivity contribution in [2.24, 2.45) is 0 Å². The van der Waals surface area contributed by atoms with Crippen LogP contribution in [0.15, 0.2) is 24.3 Å². The second-order valence-corrected chi connectivity index (χ2v) is 6.50. The van der Waals surface area contributed by atoms with E-state index in [2.05, 4.69) is 10.3 Å². The van der Waals surface area contributed by atoms with E-state index in [4.69, 9.17) is 4.74 Å². The quantitative estimate of drug-likeness (QED) is 0.792. The molecule has 0 aliphatic heterocycles. The number of carbonyl (C=O) groups is 2. The number of hydrogen-bond donors (Lipinski definition) is 1. The number of nitrogens with one attached hydrogen (secondary N) is 1. The highest BCUT2D eigenvalue weighted by Gasteiger charge is 2.07. The highest BCUT2D eigenvalue weighted by Crippen LogP contribution is 2.17. The molecule has 1 heterocycles. The van der Waals surface area contributed by atoms with Crippen LogP contribution in [-0.4, -0.2) is 29.8 Å². The topological polar surface area (TPSA) is 68.3 Å². The van der Waals surface area contributed by atoms with Gasteiger partial charge in [0.1, 0.15) is 5.75 Å². The number of rotatable bonds is 7. The van der Waals surface area contributed by atoms with Crippen LogP contribution >= 0.6 is 11.3 Å². The first kappa shape index (κ1) is 17.1. The van der Waals surface area contributed by atoms with Crippen LogP contribution in [0.3, 0.4) is 0 Å². The van der Waals surface area contributed by atoms with Gasteiger partial charge < -0.3 is 10.1 Å². The number of hydrogen-bond acceptors (Lipinski definition) is 5. The molecule has 1 aromatic carbocycles. The normalized spacial score (nSPS) is 10.4. The van der Waals surface area contributed by atoms with Crippen LogP contribution in [0, 0.1) is 13.8 Å². The zero-order valence-corrected chi connectivity index (χ0v) is 14.3. The van der Waals surface area contributed by atoms with Crippen LogP contribution in [-0.2, 0) is 11.2 Å². The first-order chi connectivity index (χ1) is 11.0. The van der Waals surface area contributed by atoms with Crippen molar-refractivity contribution < 1.29 is 14.3 Å². The van der Waals surface area contributed by atoms with Gasteiger partial charge in [-0.15, -0.1) is 11.3 Å². The highest BCUT2D eigenvalue weighted by molar-refractivity contribution is 7.11. The molecular formula is C17H20N2O3S. The molecule has 0 atom stereocenters. The molecule has 2 aromatic rings. The van der Waals surface area contributed by atoms with Gasteiger partial charge in [-0.25, -0.2) is 4.98 Å². The monoisotopic (exact) mass is 332 g/mol. The maximum atomic E-state index is 11.8. The Morgan fingerprint density at radius 3 is 2.74 bits per heavy atom. The number of amides is 1. The fourth-order valence-corrected chi connectivity index (χ4v) is 3.06. The van der Waals surface area contributed by atoms with Gasteiger partial charge in [-0.2, -0.15) is 0 Å². The molecule has 122 valence electrons. The van der Waals surface area contributed by atoms with E-state index in [1.165, 1.54) is 11.8 Å². The molecular weight excluding hydrogens is 312 g/mol. The zero-order valence-electron chi connectivity index (χ0n) is 13.5. The van der Waals surface area contributed by atoms with Gasteiger partial charge in [0, 0.05) is 23.4 Å². The van der Waals surface area contributed by atoms with Crippen molar-refractivity contribution in [2.45, 2.75) is 27.2 Å². The second kappa shape index (κ2) is 7.87. The summed E-state index contributed by atoms with van der Waals surface area (Å²) in [6.45, 7) is 5.93. The van der Waals surface area contributed by atoms with E-state index in [0.29, 0.717) is 17.9 Å². The standard InChI is InChI=1S/C17H20N2O3S/c1-11-16(23-13(3)19-11)7-8-18-17(21)10-22-15-6-4-5-14(9-15)12(2)20/h4-6,9H,7-8,10H2,1-3H3,(H,18,21). The van der Waals surface area contributed by atoms with Gasteiger partial charge >= 0.3 is 0 Å². The first-order valence-electron chi connectivity index (χ1n) is 7.39. The predicted molar refractivity (Wildman–Crippen MR) is 90.2 cm³/mol. The summed E-state index contributed by atoms with van der Waals surface area (Å²) in [5.41, 5.74) is 1.60. The average Bonchev–Trinajstić information content (AvgIpc) is 2.83. The Morgan fingerprint density at radius 2 is 2.09 bits per heavy atom. The molecule has 0 fully saturated rings. The Kier molecular flexibility index (Phi) is 5.87. The van der Waals surface area contributed by atoms with E-state index >= 15 is 0 Å². The summed E-state index contributed by atoms with van der Waals surface area (Å²) < 4.78 is 5.42. The third-order valence-corrected chi connectivity index (χ3v) is 4.42. The largest absolute Gasteiger partial charge is 0.484 e. The maximum absolute atomic E-state index is 11.8. The van der Waals surface area contributed by atoms with Crippen LogP contribution in [0.1, 0.15) is 32.9 Å². The molecule has 1 amide bonds. The predicted octanol–water partition coefficient (Wildman–Crippen LogP) is 2.70. The fourth-order valence-electron chi connectivity index (χ4n) is 2.13. The second-order valence-electron chi connectivity index (χ2n) is 5.21. The van der Waals surface area contributed by atoms with Crippen molar-refractivity contribution in [2.75, 3.05) is 13.2 Å². The number of thiazole rings is 1. The lowest BCUT2D eigenvalue weighted by molar-refractivity contribution is -0.123. The van der Waals surface area contributed by atoms with Gasteiger partial charge in [0.25, 0.3) is 5.91 Å². The molecule has 6 heteroatoms. The van der Waals surface area contributed by atoms with Gasteiger partial charge in [0.15, 0.2) is 12.4 Å². The number of ether oxygens (including phenoxy) is 1. The number of aryl methyl sites for hydroxylation is 2. The first-order valence-corrected chi connectivity index (χ1v) is 8.21. The van der Waals surface area contributed by atoms with Crippen molar-refractivity contribution in [3.05, 3.63) is 45.4 Å². The van der Waals surface area contributed by atoms with Gasteiger partial charge in [-0.1, -0.05) is 12.1 Å². The number of benzene rings is 1. The smallest absolute Gasteiger partial charge is 0.257 e. The Balaban J connectivity index is 1.76. The van der Waals surface area contributed by atoms with Crippen LogP contribution in [0.2, 0.25) is 0 Å². The van der Waals surface area contributed by atoms with Gasteiger partial charge in [-0.05, 0) is 32.9 Å². The molecule has 23 heavy (non-hydrogen) atoms. The van der Waals surface area contributed by atoms with Crippen molar-refractivity contribution in [1.82, 2.24) is 10.3 Å². The Morgan fingerprint density at radius 1 is 1.30 bits per heavy atom. The minimum absolute atomic E-state index is 0.0323. The lowest BCUT2D eigenvalue weighted by Gasteiger charge is -2.08. The maximum Gasteiger partial charge on any atom is 0.257 e. The van der Waals surface area contributed by atoms with E-state index in [1.807, 2.05) is 13.8 Å². The summed E-state index contributed by atoms with van der Waals surface area (Å²) in [7, 11) is 0. The molecule has 0 unspecified atom stereocenters. The molecule has 1 aromatic heterocycles. The average molecular weight is 332 g/mol. The molecule has 0 bridgehead atoms. The van der Waals surface area contributed by atoms with E-state index in [-0.39, 0.29) is 18.3 Å². The number of Topliss-reactive ketones (excluding diaryl/α,β-unsaturated/α-hetero) is 1. The Labute approximate surface area is 139 Å². The van der Waals surface area contributed by atoms with E-state index in [9.17, 15) is 9.59 Å². The van der Waals surface area contributed by atoms with Crippen molar-refractivity contribution in [3.8, 4) is 5.75 Å². The van der Waals surface area contributed by atoms with Gasteiger partial charge in [0.05, 0.1) is 10.7 Å². The molecule has 0 saturated carbocycles. The summed E-state index contributed by atoms with van der Waals surface area (Å²) in [6, 6.07) is 6.82. The Hall–Kier alpha value is -2.21. The lowest BCUT2D eigenvalue weighted by Crippen LogP contribution is -2.30. The Bertz CT molecular complexity index is 710. The van der Waals surface area contributed by atoms with Crippen LogP contribution in [0.4, 0.5) is 0 Å². The summed E-state index contributed by atoms with van der Waals surface area (Å²) in [5, 5.41) is 3.86. The van der Waals surface area contributed by atoms with Crippen LogP contribution in [0.5, 0.6) is 5.75 Å². The number of aromatic nitrogens is 1. The van der Waals surface area contributed by atoms with Crippen molar-refractivity contribution in [3.63, 3.8) is 0 Å². The summed E-state index contributed by atoms with van der Waals surface area (Å²) in [5.74, 6) is 0.300. The molecule has 2 rings (SSSR count). The molecule has 0 spiro atoms. The van der Waals surface area contributed by atoms with E-state index in [0.717, 1.165) is 17.1 Å². The van der Waals surface area contributed by atoms with Crippen molar-refractivity contribution >= 4 is 23.0 Å². The van der Waals surface area contributed by atoms with E-state index < -0.39 is 0 Å². The minimum atomic E-state index is -0.183. The fraction of sp³-hybridized carbons (Fsp3) is 0.353. The SMILES string of the molecule is CC(=O)c1cccc(OCC(=O)NCCc2sc(C)nc2C)c1. The number of carbonyl (C=O) groups excluding carboxylic acids is 2. The van der Waals surface area contributed by atoms with E-state index in [1.54, 1.807) is 35.6 Å². The summed E-state index contributed by atoms with van der Waals surface area (Å²) in [6.07, 6.45) is 0.767. The molecule has 0 aliphatic carbocycles. The molecule has 5 nitrogen and oxygen atoms in total. The summed E-state index contributed by atoms with van der Waals surface area (Å²) >= 11 is 1.65. The molecule has 0 saturated heterocycles. The van der Waals surface area contributed by atoms with Gasteiger partial charge in [0.2, 0.25) is 0 Å². The van der Waals surface area contributed by atoms with Crippen molar-refractivity contribution in [1.29, 1.82) is 0 Å². The highest BCUT2D eigenvalue weighted by atomic mass is 32.1. The zero-order chi connectivity index (χ0) is 16.8. The number of nitrogens with zero attached hydrogens (tertiary/aromatic N) is 1. The van der Waals surface area contributed by atoms with Crippen LogP contribution < -0.4 is 10.1 Å².